The van der Waals surface area contributed by atoms with Crippen LogP contribution in [0, 0.1) is 0 Å². The average molecular weight is 364 g/mol. The molecule has 0 bridgehead atoms. The van der Waals surface area contributed by atoms with E-state index >= 15 is 0 Å². The second-order valence-corrected chi connectivity index (χ2v) is 5.99. The minimum atomic E-state index is 0.249. The van der Waals surface area contributed by atoms with Gasteiger partial charge in [-0.25, -0.2) is 0 Å². The van der Waals surface area contributed by atoms with Crippen molar-refractivity contribution in [1.82, 2.24) is 0 Å². The Morgan fingerprint density at radius 1 is 0.769 bits per heavy atom. The van der Waals surface area contributed by atoms with Crippen LogP contribution in [0.15, 0.2) is 72.8 Å². The summed E-state index contributed by atoms with van der Waals surface area (Å²) >= 11 is 5.36. The lowest BCUT2D eigenvalue weighted by atomic mass is 10.3. The van der Waals surface area contributed by atoms with Crippen molar-refractivity contribution in [3.05, 3.63) is 72.8 Å². The van der Waals surface area contributed by atoms with Crippen LogP contribution in [0.4, 0.5) is 11.4 Å². The Balaban J connectivity index is 1.35. The Kier molecular flexibility index (Phi) is 4.57. The molecule has 3 aromatic rings. The van der Waals surface area contributed by atoms with Crippen LogP contribution in [-0.4, -0.2) is 11.9 Å². The summed E-state index contributed by atoms with van der Waals surface area (Å²) in [6.45, 7) is 0.249. The minimum Gasteiger partial charge on any atom is -0.457 e. The molecular formula is C20H16N2O3S. The number of benzene rings is 3. The van der Waals surface area contributed by atoms with E-state index in [-0.39, 0.29) is 6.79 Å². The number of anilines is 2. The number of ether oxygens (including phenoxy) is 3. The van der Waals surface area contributed by atoms with Crippen LogP contribution in [0.2, 0.25) is 0 Å². The average Bonchev–Trinajstić information content (AvgIpc) is 3.12. The van der Waals surface area contributed by atoms with Crippen molar-refractivity contribution in [2.75, 3.05) is 17.4 Å². The molecule has 3 aromatic carbocycles. The summed E-state index contributed by atoms with van der Waals surface area (Å²) in [5, 5.41) is 6.76. The summed E-state index contributed by atoms with van der Waals surface area (Å²) in [4.78, 5) is 0. The molecule has 0 fully saturated rings. The highest BCUT2D eigenvalue weighted by atomic mass is 32.1. The lowest BCUT2D eigenvalue weighted by Crippen LogP contribution is -2.18. The van der Waals surface area contributed by atoms with Gasteiger partial charge in [-0.3, -0.25) is 0 Å². The van der Waals surface area contributed by atoms with Crippen molar-refractivity contribution in [3.8, 4) is 23.0 Å². The summed E-state index contributed by atoms with van der Waals surface area (Å²) in [5.74, 6) is 3.01. The standard InChI is InChI=1S/C20H16N2O3S/c26-20(22-15-8-11-18-19(12-15)24-13-23-18)21-14-6-9-17(10-7-14)25-16-4-2-1-3-5-16/h1-12H,13H2,(H2,21,22,26). The molecule has 1 aliphatic heterocycles. The lowest BCUT2D eigenvalue weighted by molar-refractivity contribution is 0.174. The van der Waals surface area contributed by atoms with Gasteiger partial charge in [0.05, 0.1) is 0 Å². The molecule has 0 atom stereocenters. The molecule has 130 valence electrons. The number of hydrogen-bond donors (Lipinski definition) is 2. The van der Waals surface area contributed by atoms with Crippen molar-refractivity contribution in [2.45, 2.75) is 0 Å². The number of rotatable bonds is 4. The molecule has 0 unspecified atom stereocenters. The zero-order valence-electron chi connectivity index (χ0n) is 13.8. The predicted octanol–water partition coefficient (Wildman–Crippen LogP) is 5.02. The third-order valence-corrected chi connectivity index (χ3v) is 3.93. The molecule has 1 heterocycles. The summed E-state index contributed by atoms with van der Waals surface area (Å²) in [7, 11) is 0. The highest BCUT2D eigenvalue weighted by Crippen LogP contribution is 2.34. The second-order valence-electron chi connectivity index (χ2n) is 5.59. The zero-order chi connectivity index (χ0) is 17.8. The van der Waals surface area contributed by atoms with Gasteiger partial charge in [-0.05, 0) is 60.7 Å². The molecule has 4 rings (SSSR count). The van der Waals surface area contributed by atoms with E-state index in [1.54, 1.807) is 0 Å². The maximum atomic E-state index is 5.77. The zero-order valence-corrected chi connectivity index (χ0v) is 14.6. The number of thiocarbonyl (C=S) groups is 1. The fourth-order valence-electron chi connectivity index (χ4n) is 2.50. The van der Waals surface area contributed by atoms with Gasteiger partial charge < -0.3 is 24.8 Å². The monoisotopic (exact) mass is 364 g/mol. The first-order chi connectivity index (χ1) is 12.8. The molecule has 0 amide bonds. The van der Waals surface area contributed by atoms with E-state index in [9.17, 15) is 0 Å². The molecule has 1 aliphatic rings. The normalized spacial score (nSPS) is 11.7. The van der Waals surface area contributed by atoms with E-state index in [0.29, 0.717) is 10.9 Å². The van der Waals surface area contributed by atoms with Crippen molar-refractivity contribution >= 4 is 28.7 Å². The first-order valence-electron chi connectivity index (χ1n) is 8.07. The Hall–Kier alpha value is -3.25. The van der Waals surface area contributed by atoms with Crippen LogP contribution >= 0.6 is 12.2 Å². The van der Waals surface area contributed by atoms with Crippen LogP contribution in [-0.2, 0) is 0 Å². The highest BCUT2D eigenvalue weighted by molar-refractivity contribution is 7.80. The Labute approximate surface area is 156 Å². The molecular weight excluding hydrogens is 348 g/mol. The van der Waals surface area contributed by atoms with E-state index in [4.69, 9.17) is 26.4 Å². The van der Waals surface area contributed by atoms with Gasteiger partial charge >= 0.3 is 0 Å². The first kappa shape index (κ1) is 16.2. The molecule has 0 aliphatic carbocycles. The summed E-state index contributed by atoms with van der Waals surface area (Å²) in [6, 6.07) is 22.8. The predicted molar refractivity (Wildman–Crippen MR) is 105 cm³/mol. The van der Waals surface area contributed by atoms with Gasteiger partial charge in [-0.1, -0.05) is 18.2 Å². The second kappa shape index (κ2) is 7.33. The SMILES string of the molecule is S=C(Nc1ccc(Oc2ccccc2)cc1)Nc1ccc2c(c1)OCO2. The van der Waals surface area contributed by atoms with Crippen LogP contribution in [0.3, 0.4) is 0 Å². The number of hydrogen-bond acceptors (Lipinski definition) is 4. The summed E-state index contributed by atoms with van der Waals surface area (Å²) in [6.07, 6.45) is 0. The Morgan fingerprint density at radius 3 is 2.23 bits per heavy atom. The van der Waals surface area contributed by atoms with E-state index in [0.717, 1.165) is 28.6 Å². The largest absolute Gasteiger partial charge is 0.457 e. The van der Waals surface area contributed by atoms with E-state index in [1.807, 2.05) is 72.8 Å². The van der Waals surface area contributed by atoms with Crippen LogP contribution in [0.1, 0.15) is 0 Å². The first-order valence-corrected chi connectivity index (χ1v) is 8.48. The van der Waals surface area contributed by atoms with E-state index in [2.05, 4.69) is 10.6 Å². The number of para-hydroxylation sites is 1. The molecule has 0 aromatic heterocycles. The van der Waals surface area contributed by atoms with Gasteiger partial charge in [0.25, 0.3) is 0 Å². The molecule has 2 N–H and O–H groups in total. The third-order valence-electron chi connectivity index (χ3n) is 3.72. The highest BCUT2D eigenvalue weighted by Gasteiger charge is 2.13. The Bertz CT molecular complexity index is 914. The maximum absolute atomic E-state index is 5.77. The van der Waals surface area contributed by atoms with Crippen molar-refractivity contribution in [3.63, 3.8) is 0 Å². The van der Waals surface area contributed by atoms with Crippen molar-refractivity contribution in [2.24, 2.45) is 0 Å². The number of fused-ring (bicyclic) bond motifs is 1. The van der Waals surface area contributed by atoms with Crippen LogP contribution in [0.5, 0.6) is 23.0 Å². The molecule has 0 spiro atoms. The maximum Gasteiger partial charge on any atom is 0.231 e. The van der Waals surface area contributed by atoms with Crippen LogP contribution < -0.4 is 24.8 Å². The quantitative estimate of drug-likeness (QED) is 0.634. The summed E-state index contributed by atoms with van der Waals surface area (Å²) in [5.41, 5.74) is 1.69. The van der Waals surface area contributed by atoms with Crippen molar-refractivity contribution < 1.29 is 14.2 Å². The third kappa shape index (κ3) is 3.87. The summed E-state index contributed by atoms with van der Waals surface area (Å²) < 4.78 is 16.4. The van der Waals surface area contributed by atoms with E-state index in [1.165, 1.54) is 0 Å². The fourth-order valence-corrected chi connectivity index (χ4v) is 2.73. The Morgan fingerprint density at radius 2 is 1.42 bits per heavy atom. The topological polar surface area (TPSA) is 51.8 Å². The van der Waals surface area contributed by atoms with Crippen molar-refractivity contribution in [1.29, 1.82) is 0 Å². The minimum absolute atomic E-state index is 0.249. The van der Waals surface area contributed by atoms with Gasteiger partial charge in [0.1, 0.15) is 11.5 Å². The molecule has 0 saturated heterocycles. The van der Waals surface area contributed by atoms with E-state index < -0.39 is 0 Å². The van der Waals surface area contributed by atoms with Crippen LogP contribution in [0.25, 0.3) is 0 Å². The molecule has 5 nitrogen and oxygen atoms in total. The van der Waals surface area contributed by atoms with Gasteiger partial charge in [-0.2, -0.15) is 0 Å². The molecule has 26 heavy (non-hydrogen) atoms. The molecule has 0 saturated carbocycles. The van der Waals surface area contributed by atoms with Gasteiger partial charge in [-0.15, -0.1) is 0 Å². The van der Waals surface area contributed by atoms with Gasteiger partial charge in [0.2, 0.25) is 6.79 Å². The van der Waals surface area contributed by atoms with Gasteiger partial charge in [0.15, 0.2) is 16.6 Å². The number of nitrogens with one attached hydrogen (secondary N) is 2. The lowest BCUT2D eigenvalue weighted by Gasteiger charge is -2.12. The molecule has 0 radical (unpaired) electrons. The fraction of sp³-hybridized carbons (Fsp3) is 0.0500. The van der Waals surface area contributed by atoms with Gasteiger partial charge in [0, 0.05) is 17.4 Å². The molecule has 6 heteroatoms. The smallest absolute Gasteiger partial charge is 0.231 e.